The molecule has 6 atom stereocenters. The predicted molar refractivity (Wildman–Crippen MR) is 145 cm³/mol. The van der Waals surface area contributed by atoms with Crippen molar-refractivity contribution in [3.05, 3.63) is 48.6 Å². The number of rotatable bonds is 6. The van der Waals surface area contributed by atoms with Crippen LogP contribution in [-0.4, -0.2) is 95.7 Å². The van der Waals surface area contributed by atoms with Gasteiger partial charge >= 0.3 is 0 Å². The van der Waals surface area contributed by atoms with Crippen LogP contribution in [0.3, 0.4) is 0 Å². The molecule has 4 aliphatic heterocycles. The largest absolute Gasteiger partial charge is 0.394 e. The lowest BCUT2D eigenvalue weighted by Crippen LogP contribution is -2.58. The number of benzene rings is 1. The molecule has 1 spiro atoms. The van der Waals surface area contributed by atoms with Gasteiger partial charge in [0, 0.05) is 44.6 Å². The summed E-state index contributed by atoms with van der Waals surface area (Å²) >= 11 is 0. The molecular weight excluding hydrogens is 484 g/mol. The summed E-state index contributed by atoms with van der Waals surface area (Å²) in [6.45, 7) is 9.93. The molecule has 0 aliphatic carbocycles. The molecule has 5 rings (SSSR count). The molecule has 0 bridgehead atoms. The number of aliphatic hydroxyl groups is 1. The van der Waals surface area contributed by atoms with Crippen molar-refractivity contribution < 1.29 is 24.2 Å². The van der Waals surface area contributed by atoms with Gasteiger partial charge in [-0.05, 0) is 52.0 Å². The Morgan fingerprint density at radius 1 is 1.00 bits per heavy atom. The second kappa shape index (κ2) is 9.54. The molecule has 1 aromatic carbocycles. The van der Waals surface area contributed by atoms with Gasteiger partial charge in [0.2, 0.25) is 11.8 Å². The average molecular weight is 523 g/mol. The smallest absolute Gasteiger partial charge is 0.253 e. The fraction of sp³-hybridized carbons (Fsp3) is 0.552. The van der Waals surface area contributed by atoms with Gasteiger partial charge in [0.15, 0.2) is 0 Å². The van der Waals surface area contributed by atoms with E-state index in [-0.39, 0.29) is 24.3 Å². The first-order chi connectivity index (χ1) is 18.1. The molecule has 9 nitrogen and oxygen atoms in total. The Morgan fingerprint density at radius 3 is 2.29 bits per heavy atom. The number of carbonyl (C=O) groups is 3. The zero-order valence-electron chi connectivity index (χ0n) is 22.8. The van der Waals surface area contributed by atoms with Gasteiger partial charge in [0.1, 0.15) is 11.6 Å². The van der Waals surface area contributed by atoms with Crippen molar-refractivity contribution in [2.24, 2.45) is 11.8 Å². The van der Waals surface area contributed by atoms with E-state index in [1.54, 1.807) is 23.8 Å². The van der Waals surface area contributed by atoms with Crippen LogP contribution >= 0.6 is 0 Å². The van der Waals surface area contributed by atoms with Crippen molar-refractivity contribution in [3.63, 3.8) is 0 Å². The second-order valence-electron chi connectivity index (χ2n) is 10.9. The van der Waals surface area contributed by atoms with E-state index in [0.717, 1.165) is 18.8 Å². The van der Waals surface area contributed by atoms with Crippen LogP contribution in [-0.2, 0) is 19.1 Å². The Bertz CT molecular complexity index is 1180. The van der Waals surface area contributed by atoms with E-state index >= 15 is 0 Å². The van der Waals surface area contributed by atoms with Crippen molar-refractivity contribution in [3.8, 4) is 0 Å². The minimum absolute atomic E-state index is 0.182. The summed E-state index contributed by atoms with van der Waals surface area (Å²) < 4.78 is 6.76. The number of hydrogen-bond donors (Lipinski definition) is 1. The molecule has 2 saturated heterocycles. The Morgan fingerprint density at radius 2 is 1.66 bits per heavy atom. The predicted octanol–water partition coefficient (Wildman–Crippen LogP) is 1.82. The van der Waals surface area contributed by atoms with Crippen molar-refractivity contribution >= 4 is 29.1 Å². The van der Waals surface area contributed by atoms with Crippen molar-refractivity contribution in [2.45, 2.75) is 51.0 Å². The summed E-state index contributed by atoms with van der Waals surface area (Å²) in [5, 5.41) is 10.1. The van der Waals surface area contributed by atoms with Gasteiger partial charge in [0.25, 0.3) is 5.91 Å². The van der Waals surface area contributed by atoms with Gasteiger partial charge < -0.3 is 29.4 Å². The molecule has 1 unspecified atom stereocenters. The van der Waals surface area contributed by atoms with Crippen LogP contribution in [0.1, 0.15) is 27.7 Å². The summed E-state index contributed by atoms with van der Waals surface area (Å²) in [5.41, 5.74) is -0.582. The third kappa shape index (κ3) is 3.70. The minimum Gasteiger partial charge on any atom is -0.394 e. The topological polar surface area (TPSA) is 93.6 Å². The molecule has 0 aromatic heterocycles. The summed E-state index contributed by atoms with van der Waals surface area (Å²) in [6, 6.07) is 6.21. The normalized spacial score (nSPS) is 33.2. The van der Waals surface area contributed by atoms with Gasteiger partial charge in [-0.2, -0.15) is 0 Å². The quantitative estimate of drug-likeness (QED) is 0.573. The zero-order chi connectivity index (χ0) is 27.4. The fourth-order valence-corrected chi connectivity index (χ4v) is 6.81. The fourth-order valence-electron chi connectivity index (χ4n) is 6.81. The molecule has 1 N–H and O–H groups in total. The number of fused-ring (bicyclic) bond motifs is 2. The summed E-state index contributed by atoms with van der Waals surface area (Å²) in [5.74, 6) is -2.46. The van der Waals surface area contributed by atoms with E-state index in [1.807, 2.05) is 55.5 Å². The third-order valence-corrected chi connectivity index (χ3v) is 8.73. The lowest BCUT2D eigenvalue weighted by atomic mass is 9.74. The van der Waals surface area contributed by atoms with E-state index in [4.69, 9.17) is 4.74 Å². The lowest BCUT2D eigenvalue weighted by molar-refractivity contribution is -0.150. The Hall–Kier alpha value is -3.17. The SMILES string of the molecule is CCN(CC)c1ccc(N2CC=C[C@]34O[C@]5(C)C=CCN(C)C(=O)[C@@H]5[C@H]3C(=O)N([C@H](C)CO)C4C2=O)cc1. The first-order valence-corrected chi connectivity index (χ1v) is 13.5. The molecule has 4 aliphatic rings. The molecule has 1 aromatic rings. The summed E-state index contributed by atoms with van der Waals surface area (Å²) in [6.07, 6.45) is 7.45. The van der Waals surface area contributed by atoms with Crippen LogP contribution in [0.4, 0.5) is 11.4 Å². The van der Waals surface area contributed by atoms with Crippen molar-refractivity contribution in [1.82, 2.24) is 9.80 Å². The van der Waals surface area contributed by atoms with Gasteiger partial charge in [-0.3, -0.25) is 14.4 Å². The van der Waals surface area contributed by atoms with E-state index in [2.05, 4.69) is 18.7 Å². The van der Waals surface area contributed by atoms with Crippen LogP contribution in [0.25, 0.3) is 0 Å². The van der Waals surface area contributed by atoms with Crippen LogP contribution < -0.4 is 9.80 Å². The molecule has 204 valence electrons. The number of likely N-dealkylation sites (tertiary alicyclic amines) is 1. The van der Waals surface area contributed by atoms with Crippen LogP contribution in [0.2, 0.25) is 0 Å². The van der Waals surface area contributed by atoms with Crippen LogP contribution in [0.15, 0.2) is 48.6 Å². The number of aliphatic hydroxyl groups excluding tert-OH is 1. The molecule has 4 heterocycles. The van der Waals surface area contributed by atoms with Crippen molar-refractivity contribution in [2.75, 3.05) is 49.6 Å². The Balaban J connectivity index is 1.60. The zero-order valence-corrected chi connectivity index (χ0v) is 22.8. The summed E-state index contributed by atoms with van der Waals surface area (Å²) in [7, 11) is 1.71. The number of hydrogen-bond acceptors (Lipinski definition) is 6. The Labute approximate surface area is 224 Å². The standard InChI is InChI=1S/C29H38N4O5/c1-6-31(7-2)20-10-12-21(13-11-20)32-17-9-15-29-23(26(36)33(19(3)18-34)24(29)27(32)37)22-25(35)30(5)16-8-14-28(22,4)38-29/h8-15,19,22-24,34H,6-7,16-18H2,1-5H3/t19-,22+,23+,24?,28-,29+/m1/s1. The van der Waals surface area contributed by atoms with Gasteiger partial charge in [0.05, 0.1) is 30.1 Å². The highest BCUT2D eigenvalue weighted by molar-refractivity contribution is 6.06. The lowest BCUT2D eigenvalue weighted by Gasteiger charge is -2.39. The van der Waals surface area contributed by atoms with E-state index in [0.29, 0.717) is 18.8 Å². The number of nitrogens with zero attached hydrogens (tertiary/aromatic N) is 4. The Kier molecular flexibility index (Phi) is 6.64. The highest BCUT2D eigenvalue weighted by Gasteiger charge is 2.75. The molecule has 2 fully saturated rings. The first kappa shape index (κ1) is 26.4. The highest BCUT2D eigenvalue weighted by Crippen LogP contribution is 2.57. The number of ether oxygens (including phenoxy) is 1. The molecule has 0 radical (unpaired) electrons. The van der Waals surface area contributed by atoms with E-state index in [9.17, 15) is 19.5 Å². The monoisotopic (exact) mass is 522 g/mol. The molecule has 9 heteroatoms. The third-order valence-electron chi connectivity index (χ3n) is 8.73. The van der Waals surface area contributed by atoms with Gasteiger partial charge in [-0.25, -0.2) is 0 Å². The minimum atomic E-state index is -1.33. The number of carbonyl (C=O) groups excluding carboxylic acids is 3. The summed E-state index contributed by atoms with van der Waals surface area (Å²) in [4.78, 5) is 49.1. The van der Waals surface area contributed by atoms with E-state index < -0.39 is 35.1 Å². The highest BCUT2D eigenvalue weighted by atomic mass is 16.5. The number of amides is 3. The number of anilines is 2. The maximum Gasteiger partial charge on any atom is 0.253 e. The molecule has 3 amide bonds. The average Bonchev–Trinajstić information content (AvgIpc) is 3.19. The molecule has 38 heavy (non-hydrogen) atoms. The maximum absolute atomic E-state index is 14.4. The van der Waals surface area contributed by atoms with Gasteiger partial charge in [-0.1, -0.05) is 24.3 Å². The van der Waals surface area contributed by atoms with Crippen LogP contribution in [0, 0.1) is 11.8 Å². The number of likely N-dealkylation sites (N-methyl/N-ethyl adjacent to an activating group) is 1. The second-order valence-corrected chi connectivity index (χ2v) is 10.9. The van der Waals surface area contributed by atoms with Crippen molar-refractivity contribution in [1.29, 1.82) is 0 Å². The molecular formula is C29H38N4O5. The molecule has 0 saturated carbocycles. The van der Waals surface area contributed by atoms with E-state index in [1.165, 1.54) is 4.90 Å². The maximum atomic E-state index is 14.4. The van der Waals surface area contributed by atoms with Crippen LogP contribution in [0.5, 0.6) is 0 Å². The first-order valence-electron chi connectivity index (χ1n) is 13.5. The van der Waals surface area contributed by atoms with Gasteiger partial charge in [-0.15, -0.1) is 0 Å².